The second-order valence-electron chi connectivity index (χ2n) is 5.97. The largest absolute Gasteiger partial charge is 0.325 e. The van der Waals surface area contributed by atoms with E-state index in [1.165, 1.54) is 11.3 Å². The molecule has 0 spiro atoms. The fourth-order valence-corrected chi connectivity index (χ4v) is 3.66. The molecule has 1 aliphatic rings. The van der Waals surface area contributed by atoms with Gasteiger partial charge in [0.05, 0.1) is 0 Å². The second kappa shape index (κ2) is 6.61. The van der Waals surface area contributed by atoms with Gasteiger partial charge >= 0.3 is 6.03 Å². The first-order chi connectivity index (χ1) is 11.8. The van der Waals surface area contributed by atoms with E-state index in [2.05, 4.69) is 26.6 Å². The minimum absolute atomic E-state index is 0.334. The van der Waals surface area contributed by atoms with Gasteiger partial charge in [-0.15, -0.1) is 0 Å². The Bertz CT molecular complexity index is 853. The first kappa shape index (κ1) is 17.6. The number of rotatable bonds is 4. The summed E-state index contributed by atoms with van der Waals surface area (Å²) in [6, 6.07) is 6.60. The highest BCUT2D eigenvalue weighted by Gasteiger charge is 2.49. The van der Waals surface area contributed by atoms with Gasteiger partial charge in [0, 0.05) is 10.2 Å². The topological polar surface area (TPSA) is 78.5 Å². The summed E-state index contributed by atoms with van der Waals surface area (Å²) >= 11 is 4.84. The molecular formula is C17H16BrN3O3S. The lowest BCUT2D eigenvalue weighted by Crippen LogP contribution is -2.41. The number of amides is 4. The van der Waals surface area contributed by atoms with Crippen LogP contribution in [0.4, 0.5) is 10.5 Å². The molecule has 2 aromatic rings. The summed E-state index contributed by atoms with van der Waals surface area (Å²) in [7, 11) is 0. The van der Waals surface area contributed by atoms with Crippen molar-refractivity contribution in [2.45, 2.75) is 19.4 Å². The van der Waals surface area contributed by atoms with Crippen molar-refractivity contribution in [1.29, 1.82) is 0 Å². The molecule has 25 heavy (non-hydrogen) atoms. The van der Waals surface area contributed by atoms with E-state index < -0.39 is 23.4 Å². The highest BCUT2D eigenvalue weighted by atomic mass is 79.9. The van der Waals surface area contributed by atoms with Crippen LogP contribution in [-0.4, -0.2) is 29.3 Å². The van der Waals surface area contributed by atoms with Crippen molar-refractivity contribution in [2.75, 3.05) is 11.9 Å². The van der Waals surface area contributed by atoms with E-state index in [4.69, 9.17) is 0 Å². The van der Waals surface area contributed by atoms with E-state index in [-0.39, 0.29) is 6.54 Å². The molecule has 6 nitrogen and oxygen atoms in total. The quantitative estimate of drug-likeness (QED) is 0.743. The van der Waals surface area contributed by atoms with E-state index in [0.717, 1.165) is 14.9 Å². The molecule has 0 aliphatic carbocycles. The molecule has 0 radical (unpaired) electrons. The van der Waals surface area contributed by atoms with Gasteiger partial charge in [-0.3, -0.25) is 14.5 Å². The molecule has 0 bridgehead atoms. The monoisotopic (exact) mass is 421 g/mol. The Morgan fingerprint density at radius 1 is 1.36 bits per heavy atom. The number of aryl methyl sites for hydroxylation is 1. The second-order valence-corrected chi connectivity index (χ2v) is 7.60. The van der Waals surface area contributed by atoms with Crippen LogP contribution in [0, 0.1) is 6.92 Å². The zero-order valence-electron chi connectivity index (χ0n) is 13.6. The maximum absolute atomic E-state index is 12.7. The van der Waals surface area contributed by atoms with E-state index in [1.54, 1.807) is 19.1 Å². The third-order valence-corrected chi connectivity index (χ3v) is 5.69. The minimum Gasteiger partial charge on any atom is -0.325 e. The molecule has 2 heterocycles. The summed E-state index contributed by atoms with van der Waals surface area (Å²) in [6.45, 7) is 3.22. The summed E-state index contributed by atoms with van der Waals surface area (Å²) in [5.74, 6) is -0.863. The van der Waals surface area contributed by atoms with Crippen molar-refractivity contribution >= 4 is 50.8 Å². The molecule has 1 saturated heterocycles. The SMILES string of the molecule is Cc1cc(NC(=O)CN2C(=O)NC(C)(c3ccsc3)C2=O)ccc1Br. The fourth-order valence-electron chi connectivity index (χ4n) is 2.65. The number of carbonyl (C=O) groups excluding carboxylic acids is 3. The van der Waals surface area contributed by atoms with E-state index in [9.17, 15) is 14.4 Å². The van der Waals surface area contributed by atoms with Gasteiger partial charge in [0.25, 0.3) is 5.91 Å². The van der Waals surface area contributed by atoms with Crippen LogP contribution in [0.15, 0.2) is 39.5 Å². The molecule has 1 unspecified atom stereocenters. The van der Waals surface area contributed by atoms with E-state index in [1.807, 2.05) is 29.8 Å². The number of imide groups is 1. The predicted octanol–water partition coefficient (Wildman–Crippen LogP) is 3.22. The lowest BCUT2D eigenvalue weighted by atomic mass is 9.95. The van der Waals surface area contributed by atoms with Gasteiger partial charge < -0.3 is 10.6 Å². The van der Waals surface area contributed by atoms with Crippen molar-refractivity contribution in [1.82, 2.24) is 10.2 Å². The van der Waals surface area contributed by atoms with Gasteiger partial charge in [-0.25, -0.2) is 4.79 Å². The number of anilines is 1. The average Bonchev–Trinajstić information content (AvgIpc) is 3.16. The summed E-state index contributed by atoms with van der Waals surface area (Å²) < 4.78 is 0.936. The molecule has 1 aliphatic heterocycles. The molecule has 2 N–H and O–H groups in total. The normalized spacial score (nSPS) is 19.9. The van der Waals surface area contributed by atoms with Gasteiger partial charge in [-0.2, -0.15) is 11.3 Å². The average molecular weight is 422 g/mol. The van der Waals surface area contributed by atoms with Crippen LogP contribution in [-0.2, 0) is 15.1 Å². The van der Waals surface area contributed by atoms with Gasteiger partial charge in [-0.1, -0.05) is 15.9 Å². The van der Waals surface area contributed by atoms with Gasteiger partial charge in [0.1, 0.15) is 12.1 Å². The van der Waals surface area contributed by atoms with Crippen molar-refractivity contribution in [3.8, 4) is 0 Å². The number of nitrogens with zero attached hydrogens (tertiary/aromatic N) is 1. The van der Waals surface area contributed by atoms with Gasteiger partial charge in [0.15, 0.2) is 0 Å². The maximum atomic E-state index is 12.7. The number of hydrogen-bond acceptors (Lipinski definition) is 4. The lowest BCUT2D eigenvalue weighted by Gasteiger charge is -2.20. The first-order valence-electron chi connectivity index (χ1n) is 7.54. The third-order valence-electron chi connectivity index (χ3n) is 4.12. The molecule has 1 aromatic carbocycles. The Morgan fingerprint density at radius 2 is 2.12 bits per heavy atom. The zero-order valence-corrected chi connectivity index (χ0v) is 16.0. The first-order valence-corrected chi connectivity index (χ1v) is 9.27. The van der Waals surface area contributed by atoms with Crippen LogP contribution in [0.2, 0.25) is 0 Å². The number of urea groups is 1. The van der Waals surface area contributed by atoms with Crippen LogP contribution in [0.1, 0.15) is 18.1 Å². The summed E-state index contributed by atoms with van der Waals surface area (Å²) in [5.41, 5.74) is 1.16. The lowest BCUT2D eigenvalue weighted by molar-refractivity contribution is -0.133. The minimum atomic E-state index is -1.13. The molecule has 0 saturated carbocycles. The highest BCUT2D eigenvalue weighted by Crippen LogP contribution is 2.30. The van der Waals surface area contributed by atoms with Crippen LogP contribution >= 0.6 is 27.3 Å². The predicted molar refractivity (Wildman–Crippen MR) is 99.4 cm³/mol. The van der Waals surface area contributed by atoms with E-state index >= 15 is 0 Å². The number of halogens is 1. The zero-order chi connectivity index (χ0) is 18.2. The number of hydrogen-bond donors (Lipinski definition) is 2. The van der Waals surface area contributed by atoms with Crippen molar-refractivity contribution < 1.29 is 14.4 Å². The summed E-state index contributed by atoms with van der Waals surface area (Å²) in [6.07, 6.45) is 0. The number of benzene rings is 1. The Morgan fingerprint density at radius 3 is 2.76 bits per heavy atom. The molecule has 1 fully saturated rings. The van der Waals surface area contributed by atoms with Crippen LogP contribution < -0.4 is 10.6 Å². The fraction of sp³-hybridized carbons (Fsp3) is 0.235. The molecule has 1 aromatic heterocycles. The number of thiophene rings is 1. The summed E-state index contributed by atoms with van der Waals surface area (Å²) in [5, 5.41) is 9.04. The summed E-state index contributed by atoms with van der Waals surface area (Å²) in [4.78, 5) is 38.1. The standard InChI is InChI=1S/C17H16BrN3O3S/c1-10-7-12(3-4-13(10)18)19-14(22)8-21-15(23)17(2,20-16(21)24)11-5-6-25-9-11/h3-7,9H,8H2,1-2H3,(H,19,22)(H,20,24). The molecule has 8 heteroatoms. The maximum Gasteiger partial charge on any atom is 0.325 e. The Labute approximate surface area is 157 Å². The van der Waals surface area contributed by atoms with Gasteiger partial charge in [0.2, 0.25) is 5.91 Å². The molecular weight excluding hydrogens is 406 g/mol. The Hall–Kier alpha value is -2.19. The molecule has 4 amide bonds. The smallest absolute Gasteiger partial charge is 0.325 e. The van der Waals surface area contributed by atoms with Crippen LogP contribution in [0.25, 0.3) is 0 Å². The van der Waals surface area contributed by atoms with Crippen molar-refractivity contribution in [3.05, 3.63) is 50.6 Å². The molecule has 1 atom stereocenters. The van der Waals surface area contributed by atoms with E-state index in [0.29, 0.717) is 11.3 Å². The van der Waals surface area contributed by atoms with Crippen LogP contribution in [0.5, 0.6) is 0 Å². The number of carbonyl (C=O) groups is 3. The number of nitrogens with one attached hydrogen (secondary N) is 2. The molecule has 130 valence electrons. The highest BCUT2D eigenvalue weighted by molar-refractivity contribution is 9.10. The van der Waals surface area contributed by atoms with Crippen LogP contribution in [0.3, 0.4) is 0 Å². The Kier molecular flexibility index (Phi) is 4.66. The van der Waals surface area contributed by atoms with Crippen molar-refractivity contribution in [3.63, 3.8) is 0 Å². The van der Waals surface area contributed by atoms with Gasteiger partial charge in [-0.05, 0) is 60.0 Å². The third kappa shape index (κ3) is 3.32. The van der Waals surface area contributed by atoms with Crippen molar-refractivity contribution in [2.24, 2.45) is 0 Å². The Balaban J connectivity index is 1.72. The molecule has 3 rings (SSSR count).